The Hall–Kier alpha value is -2.09. The Morgan fingerprint density at radius 2 is 1.80 bits per heavy atom. The Kier molecular flexibility index (Phi) is 7.89. The number of ether oxygens (including phenoxy) is 1. The smallest absolute Gasteiger partial charge is 0.338 e. The number of amides is 1. The lowest BCUT2D eigenvalue weighted by atomic mass is 10.1. The van der Waals surface area contributed by atoms with Gasteiger partial charge in [-0.15, -0.1) is 0 Å². The van der Waals surface area contributed by atoms with Gasteiger partial charge in [0.05, 0.1) is 30.7 Å². The molecule has 0 aliphatic rings. The molecule has 0 spiro atoms. The van der Waals surface area contributed by atoms with Crippen LogP contribution in [0, 0.1) is 5.92 Å². The molecule has 7 nitrogen and oxygen atoms in total. The zero-order valence-electron chi connectivity index (χ0n) is 15.1. The van der Waals surface area contributed by atoms with E-state index in [0.29, 0.717) is 17.7 Å². The van der Waals surface area contributed by atoms with Crippen molar-refractivity contribution in [1.29, 1.82) is 0 Å². The summed E-state index contributed by atoms with van der Waals surface area (Å²) in [5, 5.41) is 2.71. The monoisotopic (exact) mass is 370 g/mol. The first-order valence-electron chi connectivity index (χ1n) is 8.16. The summed E-state index contributed by atoms with van der Waals surface area (Å²) in [5.41, 5.74) is 0.776. The first-order chi connectivity index (χ1) is 11.6. The summed E-state index contributed by atoms with van der Waals surface area (Å²) in [7, 11) is -3.52. The quantitative estimate of drug-likeness (QED) is 0.669. The number of sulfonamides is 1. The molecular weight excluding hydrogens is 344 g/mol. The first-order valence-corrected chi connectivity index (χ1v) is 10.0. The Balaban J connectivity index is 2.80. The molecule has 0 aliphatic heterocycles. The fourth-order valence-electron chi connectivity index (χ4n) is 2.20. The molecule has 1 aromatic rings. The number of carbonyl (C=O) groups is 2. The highest BCUT2D eigenvalue weighted by Crippen LogP contribution is 2.18. The SMILES string of the molecule is CCOC(=O)c1ccc(N(CCNC(=O)CC(C)C)S(C)(=O)=O)cc1. The molecule has 1 aromatic carbocycles. The lowest BCUT2D eigenvalue weighted by molar-refractivity contribution is -0.121. The summed E-state index contributed by atoms with van der Waals surface area (Å²) in [6, 6.07) is 6.12. The van der Waals surface area contributed by atoms with Crippen molar-refractivity contribution in [2.24, 2.45) is 5.92 Å². The lowest BCUT2D eigenvalue weighted by Gasteiger charge is -2.23. The molecule has 0 radical (unpaired) electrons. The van der Waals surface area contributed by atoms with E-state index in [2.05, 4.69) is 5.32 Å². The number of esters is 1. The van der Waals surface area contributed by atoms with Crippen LogP contribution >= 0.6 is 0 Å². The number of nitrogens with zero attached hydrogens (tertiary/aromatic N) is 1. The zero-order valence-corrected chi connectivity index (χ0v) is 15.9. The van der Waals surface area contributed by atoms with Crippen molar-refractivity contribution in [2.45, 2.75) is 27.2 Å². The van der Waals surface area contributed by atoms with E-state index in [1.807, 2.05) is 13.8 Å². The number of anilines is 1. The third kappa shape index (κ3) is 7.13. The normalized spacial score (nSPS) is 11.2. The maximum Gasteiger partial charge on any atom is 0.338 e. The number of carbonyl (C=O) groups excluding carboxylic acids is 2. The average Bonchev–Trinajstić information content (AvgIpc) is 2.50. The predicted molar refractivity (Wildman–Crippen MR) is 97.1 cm³/mol. The maximum absolute atomic E-state index is 12.0. The van der Waals surface area contributed by atoms with E-state index in [-0.39, 0.29) is 31.5 Å². The largest absolute Gasteiger partial charge is 0.462 e. The summed E-state index contributed by atoms with van der Waals surface area (Å²) < 4.78 is 30.1. The van der Waals surface area contributed by atoms with Gasteiger partial charge in [0.25, 0.3) is 0 Å². The topological polar surface area (TPSA) is 92.8 Å². The maximum atomic E-state index is 12.0. The van der Waals surface area contributed by atoms with Crippen LogP contribution in [0.1, 0.15) is 37.6 Å². The molecular formula is C17H26N2O5S. The second-order valence-electron chi connectivity index (χ2n) is 6.05. The second kappa shape index (κ2) is 9.41. The van der Waals surface area contributed by atoms with Crippen LogP contribution in [0.5, 0.6) is 0 Å². The fraction of sp³-hybridized carbons (Fsp3) is 0.529. The average molecular weight is 370 g/mol. The van der Waals surface area contributed by atoms with E-state index < -0.39 is 16.0 Å². The van der Waals surface area contributed by atoms with Gasteiger partial charge in [-0.2, -0.15) is 0 Å². The minimum Gasteiger partial charge on any atom is -0.462 e. The Morgan fingerprint density at radius 3 is 2.28 bits per heavy atom. The van der Waals surface area contributed by atoms with Gasteiger partial charge in [0.15, 0.2) is 0 Å². The van der Waals surface area contributed by atoms with Crippen LogP contribution in [0.4, 0.5) is 5.69 Å². The summed E-state index contributed by atoms with van der Waals surface area (Å²) in [5.74, 6) is -0.330. The lowest BCUT2D eigenvalue weighted by Crippen LogP contribution is -2.38. The standard InChI is InChI=1S/C17H26N2O5S/c1-5-24-17(21)14-6-8-15(9-7-14)19(25(4,22)23)11-10-18-16(20)12-13(2)3/h6-9,13H,5,10-12H2,1-4H3,(H,18,20). The molecule has 0 heterocycles. The number of hydrogen-bond acceptors (Lipinski definition) is 5. The van der Waals surface area contributed by atoms with Crippen LogP contribution in [0.15, 0.2) is 24.3 Å². The van der Waals surface area contributed by atoms with Crippen LogP contribution < -0.4 is 9.62 Å². The molecule has 0 aromatic heterocycles. The Labute approximate surface area is 149 Å². The van der Waals surface area contributed by atoms with Gasteiger partial charge in [0, 0.05) is 13.0 Å². The van der Waals surface area contributed by atoms with Crippen molar-refractivity contribution >= 4 is 27.6 Å². The first kappa shape index (κ1) is 21.0. The van der Waals surface area contributed by atoms with Crippen LogP contribution in [-0.2, 0) is 19.6 Å². The molecule has 1 rings (SSSR count). The van der Waals surface area contributed by atoms with Crippen molar-refractivity contribution in [1.82, 2.24) is 5.32 Å². The van der Waals surface area contributed by atoms with Gasteiger partial charge in [-0.05, 0) is 37.1 Å². The van der Waals surface area contributed by atoms with Gasteiger partial charge in [-0.3, -0.25) is 9.10 Å². The van der Waals surface area contributed by atoms with Gasteiger partial charge >= 0.3 is 5.97 Å². The van der Waals surface area contributed by atoms with Crippen LogP contribution in [-0.4, -0.2) is 46.2 Å². The van der Waals surface area contributed by atoms with Crippen molar-refractivity contribution in [3.63, 3.8) is 0 Å². The molecule has 8 heteroatoms. The molecule has 140 valence electrons. The Bertz CT molecular complexity index is 683. The molecule has 0 saturated heterocycles. The zero-order chi connectivity index (χ0) is 19.0. The van der Waals surface area contributed by atoms with E-state index in [0.717, 1.165) is 6.26 Å². The third-order valence-electron chi connectivity index (χ3n) is 3.30. The van der Waals surface area contributed by atoms with Gasteiger partial charge in [-0.1, -0.05) is 13.8 Å². The number of nitrogens with one attached hydrogen (secondary N) is 1. The number of hydrogen-bond donors (Lipinski definition) is 1. The highest BCUT2D eigenvalue weighted by Gasteiger charge is 2.18. The second-order valence-corrected chi connectivity index (χ2v) is 7.96. The van der Waals surface area contributed by atoms with Gasteiger partial charge < -0.3 is 10.1 Å². The summed E-state index contributed by atoms with van der Waals surface area (Å²) in [6.45, 7) is 6.18. The molecule has 0 unspecified atom stereocenters. The summed E-state index contributed by atoms with van der Waals surface area (Å²) in [4.78, 5) is 23.3. The molecule has 0 bridgehead atoms. The summed E-state index contributed by atoms with van der Waals surface area (Å²) >= 11 is 0. The molecule has 1 N–H and O–H groups in total. The van der Waals surface area contributed by atoms with E-state index in [1.165, 1.54) is 16.4 Å². The van der Waals surface area contributed by atoms with Gasteiger partial charge in [-0.25, -0.2) is 13.2 Å². The molecule has 0 atom stereocenters. The van der Waals surface area contributed by atoms with Crippen molar-refractivity contribution in [3.8, 4) is 0 Å². The minimum absolute atomic E-state index is 0.110. The highest BCUT2D eigenvalue weighted by atomic mass is 32.2. The summed E-state index contributed by atoms with van der Waals surface area (Å²) in [6.07, 6.45) is 1.50. The number of benzene rings is 1. The van der Waals surface area contributed by atoms with Gasteiger partial charge in [0.1, 0.15) is 0 Å². The van der Waals surface area contributed by atoms with Gasteiger partial charge in [0.2, 0.25) is 15.9 Å². The van der Waals surface area contributed by atoms with Crippen LogP contribution in [0.2, 0.25) is 0 Å². The van der Waals surface area contributed by atoms with E-state index in [9.17, 15) is 18.0 Å². The molecule has 0 aliphatic carbocycles. The molecule has 1 amide bonds. The van der Waals surface area contributed by atoms with Crippen LogP contribution in [0.25, 0.3) is 0 Å². The molecule has 0 saturated carbocycles. The predicted octanol–water partition coefficient (Wildman–Crippen LogP) is 1.79. The van der Waals surface area contributed by atoms with E-state index >= 15 is 0 Å². The third-order valence-corrected chi connectivity index (χ3v) is 4.49. The van der Waals surface area contributed by atoms with Crippen LogP contribution in [0.3, 0.4) is 0 Å². The van der Waals surface area contributed by atoms with E-state index in [4.69, 9.17) is 4.74 Å². The fourth-order valence-corrected chi connectivity index (χ4v) is 3.13. The van der Waals surface area contributed by atoms with Crippen molar-refractivity contribution in [2.75, 3.05) is 30.3 Å². The molecule has 0 fully saturated rings. The Morgan fingerprint density at radius 1 is 1.20 bits per heavy atom. The highest BCUT2D eigenvalue weighted by molar-refractivity contribution is 7.92. The van der Waals surface area contributed by atoms with Crippen molar-refractivity contribution < 1.29 is 22.7 Å². The minimum atomic E-state index is -3.52. The number of rotatable bonds is 9. The van der Waals surface area contributed by atoms with E-state index in [1.54, 1.807) is 19.1 Å². The van der Waals surface area contributed by atoms with Crippen molar-refractivity contribution in [3.05, 3.63) is 29.8 Å². The molecule has 25 heavy (non-hydrogen) atoms.